The number of nitro benzene ring substituents is 1. The van der Waals surface area contributed by atoms with Gasteiger partial charge in [0.25, 0.3) is 0 Å². The minimum absolute atomic E-state index is 0.0692. The molecule has 1 unspecified atom stereocenters. The molecule has 3 rings (SSSR count). The van der Waals surface area contributed by atoms with Crippen LogP contribution in [0, 0.1) is 10.1 Å². The zero-order chi connectivity index (χ0) is 13.4. The molecule has 0 amide bonds. The first-order valence-electron chi connectivity index (χ1n) is 6.12. The van der Waals surface area contributed by atoms with E-state index in [-0.39, 0.29) is 10.6 Å². The van der Waals surface area contributed by atoms with Crippen molar-refractivity contribution >= 4 is 22.3 Å². The van der Waals surface area contributed by atoms with Gasteiger partial charge in [0, 0.05) is 19.3 Å². The van der Waals surface area contributed by atoms with Crippen molar-refractivity contribution in [3.63, 3.8) is 0 Å². The largest absolute Gasteiger partial charge is 0.391 e. The molecule has 2 aromatic rings. The lowest BCUT2D eigenvalue weighted by molar-refractivity contribution is -0.382. The van der Waals surface area contributed by atoms with Crippen LogP contribution in [0.25, 0.3) is 10.9 Å². The lowest BCUT2D eigenvalue weighted by Crippen LogP contribution is -2.22. The average molecular weight is 259 g/mol. The summed E-state index contributed by atoms with van der Waals surface area (Å²) in [5.74, 6) is 0. The van der Waals surface area contributed by atoms with Crippen molar-refractivity contribution in [3.05, 3.63) is 40.6 Å². The summed E-state index contributed by atoms with van der Waals surface area (Å²) >= 11 is 0. The van der Waals surface area contributed by atoms with Gasteiger partial charge in [0.05, 0.1) is 21.9 Å². The number of benzene rings is 1. The summed E-state index contributed by atoms with van der Waals surface area (Å²) in [6.45, 7) is 1.07. The molecule has 1 atom stereocenters. The summed E-state index contributed by atoms with van der Waals surface area (Å²) < 4.78 is 0. The third-order valence-corrected chi connectivity index (χ3v) is 3.42. The maximum atomic E-state index is 11.4. The Morgan fingerprint density at radius 2 is 2.26 bits per heavy atom. The molecular formula is C13H13N3O3. The standard InChI is InChI=1S/C13H13N3O3/c17-9-5-7-15(8-9)12-4-3-11-10(2-1-6-14-11)13(12)16(18)19/h1-4,6,9,17H,5,7-8H2. The molecule has 2 heterocycles. The molecule has 0 saturated carbocycles. The van der Waals surface area contributed by atoms with E-state index in [1.165, 1.54) is 0 Å². The van der Waals surface area contributed by atoms with Crippen molar-refractivity contribution in [2.75, 3.05) is 18.0 Å². The van der Waals surface area contributed by atoms with Gasteiger partial charge in [-0.1, -0.05) is 0 Å². The van der Waals surface area contributed by atoms with Crippen LogP contribution in [0.15, 0.2) is 30.5 Å². The Morgan fingerprint density at radius 1 is 1.42 bits per heavy atom. The van der Waals surface area contributed by atoms with Gasteiger partial charge in [0.15, 0.2) is 0 Å². The van der Waals surface area contributed by atoms with Crippen LogP contribution < -0.4 is 4.90 Å². The number of fused-ring (bicyclic) bond motifs is 1. The van der Waals surface area contributed by atoms with Gasteiger partial charge in [-0.25, -0.2) is 0 Å². The number of aliphatic hydroxyl groups is 1. The van der Waals surface area contributed by atoms with Crippen LogP contribution in [0.2, 0.25) is 0 Å². The van der Waals surface area contributed by atoms with Gasteiger partial charge < -0.3 is 10.0 Å². The van der Waals surface area contributed by atoms with Crippen molar-refractivity contribution < 1.29 is 10.0 Å². The molecule has 0 spiro atoms. The van der Waals surface area contributed by atoms with Crippen LogP contribution in [0.3, 0.4) is 0 Å². The Kier molecular flexibility index (Phi) is 2.79. The molecule has 6 nitrogen and oxygen atoms in total. The van der Waals surface area contributed by atoms with Crippen LogP contribution in [0.4, 0.5) is 11.4 Å². The molecule has 1 aliphatic rings. The van der Waals surface area contributed by atoms with E-state index in [1.807, 2.05) is 4.90 Å². The van der Waals surface area contributed by atoms with E-state index in [4.69, 9.17) is 0 Å². The van der Waals surface area contributed by atoms with Crippen molar-refractivity contribution in [2.24, 2.45) is 0 Å². The van der Waals surface area contributed by atoms with Crippen molar-refractivity contribution in [3.8, 4) is 0 Å². The first kappa shape index (κ1) is 11.9. The van der Waals surface area contributed by atoms with E-state index >= 15 is 0 Å². The molecular weight excluding hydrogens is 246 g/mol. The van der Waals surface area contributed by atoms with E-state index in [1.54, 1.807) is 30.5 Å². The number of nitrogens with zero attached hydrogens (tertiary/aromatic N) is 3. The number of β-amino-alcohol motifs (C(OH)–C–C–N with tert-alkyl or cyclic N) is 1. The van der Waals surface area contributed by atoms with Gasteiger partial charge in [0.2, 0.25) is 0 Å². The van der Waals surface area contributed by atoms with Crippen LogP contribution in [0.1, 0.15) is 6.42 Å². The number of aromatic nitrogens is 1. The molecule has 0 radical (unpaired) electrons. The fourth-order valence-corrected chi connectivity index (χ4v) is 2.53. The molecule has 1 aromatic carbocycles. The van der Waals surface area contributed by atoms with E-state index in [2.05, 4.69) is 4.98 Å². The van der Waals surface area contributed by atoms with Gasteiger partial charge in [-0.15, -0.1) is 0 Å². The lowest BCUT2D eigenvalue weighted by Gasteiger charge is -2.18. The molecule has 98 valence electrons. The van der Waals surface area contributed by atoms with Gasteiger partial charge >= 0.3 is 5.69 Å². The third-order valence-electron chi connectivity index (χ3n) is 3.42. The number of hydrogen-bond donors (Lipinski definition) is 1. The molecule has 19 heavy (non-hydrogen) atoms. The van der Waals surface area contributed by atoms with Gasteiger partial charge in [0.1, 0.15) is 5.69 Å². The summed E-state index contributed by atoms with van der Waals surface area (Å²) in [6.07, 6.45) is 1.84. The maximum Gasteiger partial charge on any atom is 0.301 e. The van der Waals surface area contributed by atoms with Crippen LogP contribution in [-0.2, 0) is 0 Å². The monoisotopic (exact) mass is 259 g/mol. The van der Waals surface area contributed by atoms with Crippen LogP contribution in [-0.4, -0.2) is 34.2 Å². The normalized spacial score (nSPS) is 19.0. The number of anilines is 1. The third kappa shape index (κ3) is 2.00. The minimum atomic E-state index is -0.413. The highest BCUT2D eigenvalue weighted by atomic mass is 16.6. The summed E-state index contributed by atoms with van der Waals surface area (Å²) in [7, 11) is 0. The molecule has 1 aliphatic heterocycles. The number of rotatable bonds is 2. The fraction of sp³-hybridized carbons (Fsp3) is 0.308. The number of nitro groups is 1. The lowest BCUT2D eigenvalue weighted by atomic mass is 10.1. The van der Waals surface area contributed by atoms with Gasteiger partial charge in [-0.2, -0.15) is 0 Å². The Labute approximate surface area is 109 Å². The Hall–Kier alpha value is -2.21. The van der Waals surface area contributed by atoms with E-state index < -0.39 is 6.10 Å². The molecule has 1 aromatic heterocycles. The van der Waals surface area contributed by atoms with Gasteiger partial charge in [-0.05, 0) is 30.7 Å². The second kappa shape index (κ2) is 4.47. The zero-order valence-corrected chi connectivity index (χ0v) is 10.2. The SMILES string of the molecule is O=[N+]([O-])c1c(N2CCC(O)C2)ccc2ncccc12. The number of pyridine rings is 1. The Bertz CT molecular complexity index is 644. The molecule has 0 bridgehead atoms. The van der Waals surface area contributed by atoms with E-state index in [0.717, 1.165) is 0 Å². The first-order valence-corrected chi connectivity index (χ1v) is 6.12. The van der Waals surface area contributed by atoms with Crippen molar-refractivity contribution in [1.82, 2.24) is 4.98 Å². The highest BCUT2D eigenvalue weighted by Crippen LogP contribution is 2.36. The second-order valence-corrected chi connectivity index (χ2v) is 4.65. The minimum Gasteiger partial charge on any atom is -0.391 e. The summed E-state index contributed by atoms with van der Waals surface area (Å²) in [5.41, 5.74) is 1.24. The second-order valence-electron chi connectivity index (χ2n) is 4.65. The predicted molar refractivity (Wildman–Crippen MR) is 71.2 cm³/mol. The maximum absolute atomic E-state index is 11.4. The Morgan fingerprint density at radius 3 is 2.95 bits per heavy atom. The van der Waals surface area contributed by atoms with Crippen LogP contribution >= 0.6 is 0 Å². The quantitative estimate of drug-likeness (QED) is 0.656. The summed E-state index contributed by atoms with van der Waals surface area (Å²) in [5, 5.41) is 21.5. The smallest absolute Gasteiger partial charge is 0.301 e. The highest BCUT2D eigenvalue weighted by molar-refractivity contribution is 5.94. The van der Waals surface area contributed by atoms with Gasteiger partial charge in [-0.3, -0.25) is 15.1 Å². The van der Waals surface area contributed by atoms with Crippen molar-refractivity contribution in [1.29, 1.82) is 0 Å². The Balaban J connectivity index is 2.19. The number of hydrogen-bond acceptors (Lipinski definition) is 5. The topological polar surface area (TPSA) is 79.5 Å². The van der Waals surface area contributed by atoms with E-state index in [0.29, 0.717) is 36.1 Å². The zero-order valence-electron chi connectivity index (χ0n) is 10.2. The predicted octanol–water partition coefficient (Wildman–Crippen LogP) is 1.71. The number of aliphatic hydroxyl groups excluding tert-OH is 1. The molecule has 0 aliphatic carbocycles. The summed E-state index contributed by atoms with van der Waals surface area (Å²) in [6, 6.07) is 6.89. The van der Waals surface area contributed by atoms with Crippen molar-refractivity contribution in [2.45, 2.75) is 12.5 Å². The molecule has 6 heteroatoms. The highest BCUT2D eigenvalue weighted by Gasteiger charge is 2.28. The fourth-order valence-electron chi connectivity index (χ4n) is 2.53. The molecule has 1 fully saturated rings. The van der Waals surface area contributed by atoms with E-state index in [9.17, 15) is 15.2 Å². The first-order chi connectivity index (χ1) is 9.16. The summed E-state index contributed by atoms with van der Waals surface area (Å²) in [4.78, 5) is 17.0. The average Bonchev–Trinajstić information content (AvgIpc) is 2.83. The van der Waals surface area contributed by atoms with Crippen LogP contribution in [0.5, 0.6) is 0 Å². The molecule has 1 N–H and O–H groups in total. The molecule has 1 saturated heterocycles.